The second kappa shape index (κ2) is 5.70. The summed E-state index contributed by atoms with van der Waals surface area (Å²) in [5, 5.41) is 3.85. The molecule has 108 valence electrons. The highest BCUT2D eigenvalue weighted by Gasteiger charge is 2.29. The fraction of sp³-hybridized carbons (Fsp3) is 0.562. The van der Waals surface area contributed by atoms with Crippen molar-refractivity contribution in [1.29, 1.82) is 0 Å². The third kappa shape index (κ3) is 2.67. The zero-order chi connectivity index (χ0) is 14.1. The van der Waals surface area contributed by atoms with Gasteiger partial charge >= 0.3 is 0 Å². The Balaban J connectivity index is 1.72. The van der Waals surface area contributed by atoms with Gasteiger partial charge in [-0.1, -0.05) is 0 Å². The summed E-state index contributed by atoms with van der Waals surface area (Å²) in [6, 6.07) is 3.87. The first-order valence-electron chi connectivity index (χ1n) is 7.45. The number of hydrogen-bond acceptors (Lipinski definition) is 3. The Morgan fingerprint density at radius 3 is 2.90 bits per heavy atom. The minimum atomic E-state index is 0.425. The van der Waals surface area contributed by atoms with Crippen molar-refractivity contribution in [2.45, 2.75) is 58.2 Å². The van der Waals surface area contributed by atoms with Crippen LogP contribution in [0.2, 0.25) is 0 Å². The predicted molar refractivity (Wildman–Crippen MR) is 84.2 cm³/mol. The molecule has 3 unspecified atom stereocenters. The van der Waals surface area contributed by atoms with Crippen LogP contribution in [0.5, 0.6) is 0 Å². The van der Waals surface area contributed by atoms with E-state index in [9.17, 15) is 0 Å². The van der Waals surface area contributed by atoms with Crippen LogP contribution < -0.4 is 5.32 Å². The van der Waals surface area contributed by atoms with Gasteiger partial charge in [0, 0.05) is 40.3 Å². The number of hydrogen-bond donors (Lipinski definition) is 1. The van der Waals surface area contributed by atoms with Gasteiger partial charge in [0.2, 0.25) is 0 Å². The van der Waals surface area contributed by atoms with Crippen molar-refractivity contribution in [3.8, 4) is 0 Å². The molecular formula is C16H23N3S. The van der Waals surface area contributed by atoms with Crippen LogP contribution >= 0.6 is 11.3 Å². The first-order chi connectivity index (χ1) is 9.65. The Kier molecular flexibility index (Phi) is 3.94. The number of aromatic nitrogens is 2. The van der Waals surface area contributed by atoms with E-state index in [0.29, 0.717) is 18.1 Å². The van der Waals surface area contributed by atoms with Gasteiger partial charge in [-0.15, -0.1) is 11.3 Å². The van der Waals surface area contributed by atoms with E-state index in [-0.39, 0.29) is 0 Å². The molecule has 0 saturated heterocycles. The molecule has 3 rings (SSSR count). The van der Waals surface area contributed by atoms with Gasteiger partial charge < -0.3 is 9.88 Å². The third-order valence-electron chi connectivity index (χ3n) is 4.40. The Bertz CT molecular complexity index is 558. The summed E-state index contributed by atoms with van der Waals surface area (Å²) in [6.45, 7) is 6.71. The van der Waals surface area contributed by atoms with E-state index in [2.05, 4.69) is 47.9 Å². The molecule has 0 amide bonds. The molecule has 3 nitrogen and oxygen atoms in total. The monoisotopic (exact) mass is 289 g/mol. The maximum atomic E-state index is 4.19. The van der Waals surface area contributed by atoms with Crippen LogP contribution in [0.25, 0.3) is 0 Å². The minimum Gasteiger partial charge on any atom is -0.333 e. The largest absolute Gasteiger partial charge is 0.333 e. The molecule has 0 aliphatic heterocycles. The first-order valence-corrected chi connectivity index (χ1v) is 8.27. The highest BCUT2D eigenvalue weighted by molar-refractivity contribution is 7.12. The molecule has 20 heavy (non-hydrogen) atoms. The van der Waals surface area contributed by atoms with Gasteiger partial charge in [-0.3, -0.25) is 0 Å². The zero-order valence-corrected chi connectivity index (χ0v) is 13.3. The van der Waals surface area contributed by atoms with Crippen LogP contribution in [0.4, 0.5) is 0 Å². The second-order valence-electron chi connectivity index (χ2n) is 5.87. The number of imidazole rings is 1. The summed E-state index contributed by atoms with van der Waals surface area (Å²) in [4.78, 5) is 7.04. The normalized spacial score (nSPS) is 24.1. The van der Waals surface area contributed by atoms with Gasteiger partial charge in [-0.05, 0) is 51.7 Å². The minimum absolute atomic E-state index is 0.425. The molecule has 0 bridgehead atoms. The summed E-state index contributed by atoms with van der Waals surface area (Å²) in [6.07, 6.45) is 9.74. The van der Waals surface area contributed by atoms with Crippen LogP contribution in [0.3, 0.4) is 0 Å². The van der Waals surface area contributed by atoms with Gasteiger partial charge in [0.15, 0.2) is 0 Å². The smallest absolute Gasteiger partial charge is 0.0949 e. The molecule has 0 radical (unpaired) electrons. The van der Waals surface area contributed by atoms with Crippen molar-refractivity contribution in [3.05, 3.63) is 40.1 Å². The van der Waals surface area contributed by atoms with Gasteiger partial charge in [-0.25, -0.2) is 4.98 Å². The van der Waals surface area contributed by atoms with E-state index in [1.54, 1.807) is 0 Å². The van der Waals surface area contributed by atoms with Crippen LogP contribution in [0.15, 0.2) is 24.8 Å². The lowest BCUT2D eigenvalue weighted by Crippen LogP contribution is -2.35. The molecule has 3 atom stereocenters. The van der Waals surface area contributed by atoms with E-state index in [1.165, 1.54) is 34.6 Å². The quantitative estimate of drug-likeness (QED) is 0.921. The second-order valence-corrected chi connectivity index (χ2v) is 7.33. The topological polar surface area (TPSA) is 29.9 Å². The number of aryl methyl sites for hydroxylation is 2. The molecule has 0 aromatic carbocycles. The zero-order valence-electron chi connectivity index (χ0n) is 12.5. The average molecular weight is 289 g/mol. The van der Waals surface area contributed by atoms with Gasteiger partial charge in [0.05, 0.1) is 6.33 Å². The fourth-order valence-corrected chi connectivity index (χ4v) is 4.47. The van der Waals surface area contributed by atoms with E-state index in [1.807, 2.05) is 23.9 Å². The maximum Gasteiger partial charge on any atom is 0.0949 e. The number of rotatable bonds is 4. The lowest BCUT2D eigenvalue weighted by Gasteiger charge is -2.26. The van der Waals surface area contributed by atoms with E-state index < -0.39 is 0 Å². The maximum absolute atomic E-state index is 4.19. The first kappa shape index (κ1) is 13.8. The lowest BCUT2D eigenvalue weighted by atomic mass is 10.1. The summed E-state index contributed by atoms with van der Waals surface area (Å²) in [5.41, 5.74) is 1.46. The van der Waals surface area contributed by atoms with Crippen molar-refractivity contribution < 1.29 is 0 Å². The van der Waals surface area contributed by atoms with E-state index in [0.717, 1.165) is 0 Å². The van der Waals surface area contributed by atoms with Gasteiger partial charge in [-0.2, -0.15) is 0 Å². The SMILES string of the molecule is Cc1cc(C(C)NC2CCCC2n2ccnc2)c(C)s1. The van der Waals surface area contributed by atoms with Crippen LogP contribution in [0, 0.1) is 13.8 Å². The molecule has 1 aliphatic rings. The molecular weight excluding hydrogens is 266 g/mol. The summed E-state index contributed by atoms with van der Waals surface area (Å²) in [7, 11) is 0. The van der Waals surface area contributed by atoms with Crippen LogP contribution in [-0.4, -0.2) is 15.6 Å². The summed E-state index contributed by atoms with van der Waals surface area (Å²) >= 11 is 1.90. The van der Waals surface area contributed by atoms with Crippen LogP contribution in [0.1, 0.15) is 53.6 Å². The molecule has 0 spiro atoms. The lowest BCUT2D eigenvalue weighted by molar-refractivity contribution is 0.362. The standard InChI is InChI=1S/C16H23N3S/c1-11-9-14(13(3)20-11)12(2)18-15-5-4-6-16(15)19-8-7-17-10-19/h7-10,12,15-16,18H,4-6H2,1-3H3. The molecule has 1 saturated carbocycles. The predicted octanol–water partition coefficient (Wildman–Crippen LogP) is 4.01. The molecule has 2 heterocycles. The van der Waals surface area contributed by atoms with E-state index in [4.69, 9.17) is 0 Å². The molecule has 2 aromatic heterocycles. The molecule has 1 fully saturated rings. The van der Waals surface area contributed by atoms with Gasteiger partial charge in [0.25, 0.3) is 0 Å². The molecule has 4 heteroatoms. The fourth-order valence-electron chi connectivity index (χ4n) is 3.45. The Hall–Kier alpha value is -1.13. The number of thiophene rings is 1. The average Bonchev–Trinajstić information content (AvgIpc) is 3.09. The van der Waals surface area contributed by atoms with Crippen molar-refractivity contribution >= 4 is 11.3 Å². The van der Waals surface area contributed by atoms with Crippen molar-refractivity contribution in [3.63, 3.8) is 0 Å². The molecule has 2 aromatic rings. The van der Waals surface area contributed by atoms with E-state index >= 15 is 0 Å². The number of nitrogens with one attached hydrogen (secondary N) is 1. The highest BCUT2D eigenvalue weighted by Crippen LogP contribution is 2.33. The molecule has 1 N–H and O–H groups in total. The highest BCUT2D eigenvalue weighted by atomic mass is 32.1. The summed E-state index contributed by atoms with van der Waals surface area (Å²) < 4.78 is 2.27. The van der Waals surface area contributed by atoms with Crippen molar-refractivity contribution in [2.24, 2.45) is 0 Å². The summed E-state index contributed by atoms with van der Waals surface area (Å²) in [5.74, 6) is 0. The van der Waals surface area contributed by atoms with Crippen LogP contribution in [-0.2, 0) is 0 Å². The Labute approximate surface area is 125 Å². The Morgan fingerprint density at radius 1 is 1.40 bits per heavy atom. The number of nitrogens with zero attached hydrogens (tertiary/aromatic N) is 2. The van der Waals surface area contributed by atoms with Crippen molar-refractivity contribution in [1.82, 2.24) is 14.9 Å². The van der Waals surface area contributed by atoms with Crippen molar-refractivity contribution in [2.75, 3.05) is 0 Å². The van der Waals surface area contributed by atoms with Gasteiger partial charge in [0.1, 0.15) is 0 Å². The Morgan fingerprint density at radius 2 is 2.25 bits per heavy atom. The third-order valence-corrected chi connectivity index (χ3v) is 5.38. The molecule has 1 aliphatic carbocycles.